The molecule has 4 aromatic rings. The summed E-state index contributed by atoms with van der Waals surface area (Å²) in [5.41, 5.74) is 10.0. The SMILES string of the molecule is Nc1nc(-c2ccc(F)cc2)c2c(-c3ccccc3)c[nH]c2n1. The molecule has 2 aromatic heterocycles. The zero-order valence-corrected chi connectivity index (χ0v) is 12.1. The summed E-state index contributed by atoms with van der Waals surface area (Å²) in [5, 5.41) is 0.872. The maximum atomic E-state index is 13.2. The summed E-state index contributed by atoms with van der Waals surface area (Å²) in [6.45, 7) is 0. The minimum atomic E-state index is -0.288. The third kappa shape index (κ3) is 2.32. The molecule has 0 bridgehead atoms. The highest BCUT2D eigenvalue weighted by molar-refractivity contribution is 6.03. The highest BCUT2D eigenvalue weighted by Gasteiger charge is 2.15. The van der Waals surface area contributed by atoms with E-state index >= 15 is 0 Å². The molecule has 2 aromatic carbocycles. The number of nitrogen functional groups attached to an aromatic ring is 1. The smallest absolute Gasteiger partial charge is 0.222 e. The molecule has 0 amide bonds. The normalized spacial score (nSPS) is 11.0. The maximum absolute atomic E-state index is 13.2. The van der Waals surface area contributed by atoms with E-state index in [4.69, 9.17) is 5.73 Å². The van der Waals surface area contributed by atoms with Gasteiger partial charge in [-0.25, -0.2) is 9.37 Å². The molecule has 23 heavy (non-hydrogen) atoms. The van der Waals surface area contributed by atoms with Gasteiger partial charge in [-0.15, -0.1) is 0 Å². The lowest BCUT2D eigenvalue weighted by molar-refractivity contribution is 0.628. The molecule has 5 heteroatoms. The molecule has 3 N–H and O–H groups in total. The van der Waals surface area contributed by atoms with Crippen LogP contribution >= 0.6 is 0 Å². The first-order chi connectivity index (χ1) is 11.2. The number of fused-ring (bicyclic) bond motifs is 1. The van der Waals surface area contributed by atoms with Gasteiger partial charge in [0.2, 0.25) is 5.95 Å². The number of nitrogens with one attached hydrogen (secondary N) is 1. The summed E-state index contributed by atoms with van der Waals surface area (Å²) < 4.78 is 13.2. The maximum Gasteiger partial charge on any atom is 0.222 e. The van der Waals surface area contributed by atoms with Gasteiger partial charge in [0.05, 0.1) is 11.1 Å². The van der Waals surface area contributed by atoms with E-state index in [-0.39, 0.29) is 11.8 Å². The number of rotatable bonds is 2. The molecular formula is C18H13FN4. The summed E-state index contributed by atoms with van der Waals surface area (Å²) in [6, 6.07) is 16.2. The fourth-order valence-corrected chi connectivity index (χ4v) is 2.71. The number of benzene rings is 2. The average Bonchev–Trinajstić information content (AvgIpc) is 2.99. The van der Waals surface area contributed by atoms with Crippen LogP contribution in [0.15, 0.2) is 60.8 Å². The molecule has 0 saturated carbocycles. The topological polar surface area (TPSA) is 67.6 Å². The Morgan fingerprint density at radius 3 is 2.35 bits per heavy atom. The Labute approximate surface area is 131 Å². The van der Waals surface area contributed by atoms with Gasteiger partial charge in [-0.05, 0) is 29.8 Å². The van der Waals surface area contributed by atoms with Crippen molar-refractivity contribution >= 4 is 17.0 Å². The van der Waals surface area contributed by atoms with Gasteiger partial charge in [-0.2, -0.15) is 4.98 Å². The summed E-state index contributed by atoms with van der Waals surface area (Å²) in [5.74, 6) is -0.109. The van der Waals surface area contributed by atoms with Crippen molar-refractivity contribution in [1.82, 2.24) is 15.0 Å². The lowest BCUT2D eigenvalue weighted by Gasteiger charge is -2.07. The molecule has 4 rings (SSSR count). The zero-order chi connectivity index (χ0) is 15.8. The Kier molecular flexibility index (Phi) is 3.05. The Morgan fingerprint density at radius 1 is 0.870 bits per heavy atom. The lowest BCUT2D eigenvalue weighted by Crippen LogP contribution is -1.98. The highest BCUT2D eigenvalue weighted by Crippen LogP contribution is 2.34. The largest absolute Gasteiger partial charge is 0.368 e. The van der Waals surface area contributed by atoms with Crippen LogP contribution in [0.5, 0.6) is 0 Å². The number of H-pyrrole nitrogens is 1. The van der Waals surface area contributed by atoms with E-state index in [2.05, 4.69) is 15.0 Å². The van der Waals surface area contributed by atoms with Gasteiger partial charge in [-0.1, -0.05) is 30.3 Å². The Bertz CT molecular complexity index is 975. The second-order valence-electron chi connectivity index (χ2n) is 5.23. The third-order valence-electron chi connectivity index (χ3n) is 3.75. The van der Waals surface area contributed by atoms with Crippen LogP contribution in [-0.4, -0.2) is 15.0 Å². The molecule has 112 valence electrons. The molecule has 0 spiro atoms. The molecule has 0 fully saturated rings. The summed E-state index contributed by atoms with van der Waals surface area (Å²) in [6.07, 6.45) is 1.89. The number of hydrogen-bond donors (Lipinski definition) is 2. The predicted octanol–water partition coefficient (Wildman–Crippen LogP) is 4.01. The first-order valence-corrected chi connectivity index (χ1v) is 7.18. The van der Waals surface area contributed by atoms with E-state index in [1.54, 1.807) is 12.1 Å². The molecule has 2 heterocycles. The van der Waals surface area contributed by atoms with E-state index < -0.39 is 0 Å². The lowest BCUT2D eigenvalue weighted by atomic mass is 10.0. The van der Waals surface area contributed by atoms with E-state index in [1.807, 2.05) is 36.5 Å². The first kappa shape index (κ1) is 13.5. The number of anilines is 1. The minimum absolute atomic E-state index is 0.179. The van der Waals surface area contributed by atoms with Crippen molar-refractivity contribution in [3.05, 3.63) is 66.6 Å². The van der Waals surface area contributed by atoms with Crippen LogP contribution in [-0.2, 0) is 0 Å². The van der Waals surface area contributed by atoms with E-state index in [0.29, 0.717) is 11.3 Å². The van der Waals surface area contributed by atoms with E-state index in [1.165, 1.54) is 12.1 Å². The average molecular weight is 304 g/mol. The van der Waals surface area contributed by atoms with Gasteiger partial charge in [-0.3, -0.25) is 0 Å². The van der Waals surface area contributed by atoms with Crippen LogP contribution in [0.4, 0.5) is 10.3 Å². The van der Waals surface area contributed by atoms with Crippen molar-refractivity contribution in [3.63, 3.8) is 0 Å². The van der Waals surface area contributed by atoms with Crippen LogP contribution < -0.4 is 5.73 Å². The Balaban J connectivity index is 2.03. The third-order valence-corrected chi connectivity index (χ3v) is 3.75. The van der Waals surface area contributed by atoms with Crippen LogP contribution in [0.3, 0.4) is 0 Å². The van der Waals surface area contributed by atoms with Gasteiger partial charge >= 0.3 is 0 Å². The van der Waals surface area contributed by atoms with E-state index in [0.717, 1.165) is 22.1 Å². The van der Waals surface area contributed by atoms with Crippen molar-refractivity contribution in [2.24, 2.45) is 0 Å². The van der Waals surface area contributed by atoms with Crippen LogP contribution in [0.2, 0.25) is 0 Å². The predicted molar refractivity (Wildman–Crippen MR) is 89.1 cm³/mol. The minimum Gasteiger partial charge on any atom is -0.368 e. The fraction of sp³-hybridized carbons (Fsp3) is 0. The second-order valence-corrected chi connectivity index (χ2v) is 5.23. The molecule has 0 atom stereocenters. The molecular weight excluding hydrogens is 291 g/mol. The van der Waals surface area contributed by atoms with Crippen LogP contribution in [0.1, 0.15) is 0 Å². The Morgan fingerprint density at radius 2 is 1.61 bits per heavy atom. The molecule has 0 aliphatic carbocycles. The summed E-state index contributed by atoms with van der Waals surface area (Å²) in [7, 11) is 0. The molecule has 0 saturated heterocycles. The quantitative estimate of drug-likeness (QED) is 0.588. The molecule has 0 radical (unpaired) electrons. The monoisotopic (exact) mass is 304 g/mol. The number of aromatic amines is 1. The molecule has 0 aliphatic heterocycles. The van der Waals surface area contributed by atoms with Crippen molar-refractivity contribution in [2.75, 3.05) is 5.73 Å². The number of aromatic nitrogens is 3. The van der Waals surface area contributed by atoms with Crippen LogP contribution in [0.25, 0.3) is 33.4 Å². The van der Waals surface area contributed by atoms with Gasteiger partial charge in [0.1, 0.15) is 11.5 Å². The van der Waals surface area contributed by atoms with Gasteiger partial charge in [0.15, 0.2) is 0 Å². The summed E-state index contributed by atoms with van der Waals surface area (Å²) in [4.78, 5) is 11.8. The fourth-order valence-electron chi connectivity index (χ4n) is 2.71. The van der Waals surface area contributed by atoms with E-state index in [9.17, 15) is 4.39 Å². The van der Waals surface area contributed by atoms with Gasteiger partial charge < -0.3 is 10.7 Å². The van der Waals surface area contributed by atoms with Crippen molar-refractivity contribution in [1.29, 1.82) is 0 Å². The molecule has 4 nitrogen and oxygen atoms in total. The van der Waals surface area contributed by atoms with Crippen molar-refractivity contribution in [3.8, 4) is 22.4 Å². The Hall–Kier alpha value is -3.21. The number of halogens is 1. The molecule has 0 unspecified atom stereocenters. The zero-order valence-electron chi connectivity index (χ0n) is 12.1. The standard InChI is InChI=1S/C18H13FN4/c19-13-8-6-12(7-9-13)16-15-14(11-4-2-1-3-5-11)10-21-17(15)23-18(20)22-16/h1-10H,(H3,20,21,22,23). The number of nitrogens with two attached hydrogens (primary N) is 1. The van der Waals surface area contributed by atoms with Crippen molar-refractivity contribution in [2.45, 2.75) is 0 Å². The molecule has 0 aliphatic rings. The first-order valence-electron chi connectivity index (χ1n) is 7.18. The highest BCUT2D eigenvalue weighted by atomic mass is 19.1. The number of hydrogen-bond acceptors (Lipinski definition) is 3. The number of nitrogens with zero attached hydrogens (tertiary/aromatic N) is 2. The summed E-state index contributed by atoms with van der Waals surface area (Å²) >= 11 is 0. The van der Waals surface area contributed by atoms with Gasteiger partial charge in [0.25, 0.3) is 0 Å². The van der Waals surface area contributed by atoms with Crippen LogP contribution in [0, 0.1) is 5.82 Å². The second kappa shape index (κ2) is 5.21. The van der Waals surface area contributed by atoms with Crippen molar-refractivity contribution < 1.29 is 4.39 Å². The van der Waals surface area contributed by atoms with Gasteiger partial charge in [0, 0.05) is 17.3 Å².